The number of nitrogens with one attached hydrogen (secondary N) is 3. The molecule has 16 heavy (non-hydrogen) atoms. The molecule has 7 nitrogen and oxygen atoms in total. The standard InChI is InChI=1S/C8H12N4O3S/c13-7-2-1-6(11-7)5-10-16(14,15)8-3-4-9-12-8/h3-4,6,10H,1-2,5H2,(H,9,12)(H,11,13). The Bertz CT molecular complexity index is 467. The molecule has 0 spiro atoms. The Morgan fingerprint density at radius 1 is 1.56 bits per heavy atom. The Morgan fingerprint density at radius 2 is 2.38 bits per heavy atom. The van der Waals surface area contributed by atoms with Crippen molar-refractivity contribution in [1.29, 1.82) is 0 Å². The zero-order chi connectivity index (χ0) is 11.6. The number of H-pyrrole nitrogens is 1. The van der Waals surface area contributed by atoms with E-state index in [4.69, 9.17) is 0 Å². The number of hydrogen-bond donors (Lipinski definition) is 3. The minimum absolute atomic E-state index is 0.0248. The number of aromatic nitrogens is 2. The summed E-state index contributed by atoms with van der Waals surface area (Å²) < 4.78 is 25.7. The average molecular weight is 244 g/mol. The lowest BCUT2D eigenvalue weighted by molar-refractivity contribution is -0.119. The molecule has 2 rings (SSSR count). The lowest BCUT2D eigenvalue weighted by Crippen LogP contribution is -2.38. The van der Waals surface area contributed by atoms with Gasteiger partial charge in [0, 0.05) is 19.0 Å². The number of sulfonamides is 1. The molecule has 1 aliphatic rings. The van der Waals surface area contributed by atoms with Crippen molar-refractivity contribution in [3.8, 4) is 0 Å². The summed E-state index contributed by atoms with van der Waals surface area (Å²) in [6, 6.07) is 1.25. The lowest BCUT2D eigenvalue weighted by Gasteiger charge is -2.10. The molecule has 1 amide bonds. The van der Waals surface area contributed by atoms with Crippen LogP contribution in [0.5, 0.6) is 0 Å². The molecule has 1 atom stereocenters. The molecule has 1 fully saturated rings. The van der Waals surface area contributed by atoms with Crippen LogP contribution in [0.2, 0.25) is 0 Å². The first-order valence-corrected chi connectivity index (χ1v) is 6.34. The van der Waals surface area contributed by atoms with E-state index in [0.29, 0.717) is 12.8 Å². The van der Waals surface area contributed by atoms with Crippen LogP contribution in [-0.2, 0) is 14.8 Å². The molecule has 8 heteroatoms. The predicted octanol–water partition coefficient (Wildman–Crippen LogP) is -1.03. The molecule has 0 bridgehead atoms. The first-order chi connectivity index (χ1) is 7.58. The third-order valence-corrected chi connectivity index (χ3v) is 3.72. The van der Waals surface area contributed by atoms with Gasteiger partial charge in [-0.1, -0.05) is 0 Å². The van der Waals surface area contributed by atoms with Crippen LogP contribution < -0.4 is 10.0 Å². The summed E-state index contributed by atoms with van der Waals surface area (Å²) in [5.41, 5.74) is 0. The molecule has 0 saturated carbocycles. The van der Waals surface area contributed by atoms with Crippen LogP contribution in [0.15, 0.2) is 17.3 Å². The molecule has 2 heterocycles. The molecule has 88 valence electrons. The van der Waals surface area contributed by atoms with Gasteiger partial charge in [-0.15, -0.1) is 0 Å². The zero-order valence-electron chi connectivity index (χ0n) is 8.43. The molecule has 0 aromatic carbocycles. The fourth-order valence-electron chi connectivity index (χ4n) is 1.51. The molecule has 0 aliphatic carbocycles. The smallest absolute Gasteiger partial charge is 0.257 e. The Kier molecular flexibility index (Phi) is 2.92. The van der Waals surface area contributed by atoms with Gasteiger partial charge in [-0.25, -0.2) is 13.1 Å². The van der Waals surface area contributed by atoms with Gasteiger partial charge in [0.25, 0.3) is 10.0 Å². The Hall–Kier alpha value is -1.41. The summed E-state index contributed by atoms with van der Waals surface area (Å²) in [6.45, 7) is 0.201. The Balaban J connectivity index is 1.93. The molecule has 1 saturated heterocycles. The van der Waals surface area contributed by atoms with Gasteiger partial charge in [-0.05, 0) is 12.5 Å². The number of carbonyl (C=O) groups is 1. The number of nitrogens with zero attached hydrogens (tertiary/aromatic N) is 1. The minimum atomic E-state index is -3.54. The van der Waals surface area contributed by atoms with Crippen molar-refractivity contribution in [2.75, 3.05) is 6.54 Å². The number of rotatable bonds is 4. The van der Waals surface area contributed by atoms with Gasteiger partial charge in [-0.2, -0.15) is 5.10 Å². The summed E-state index contributed by atoms with van der Waals surface area (Å²) in [6.07, 6.45) is 2.48. The first kappa shape index (κ1) is 11.1. The van der Waals surface area contributed by atoms with Crippen molar-refractivity contribution >= 4 is 15.9 Å². The van der Waals surface area contributed by atoms with Crippen molar-refractivity contribution in [2.24, 2.45) is 0 Å². The van der Waals surface area contributed by atoms with E-state index in [9.17, 15) is 13.2 Å². The van der Waals surface area contributed by atoms with Crippen molar-refractivity contribution in [3.05, 3.63) is 12.3 Å². The van der Waals surface area contributed by atoms with Crippen molar-refractivity contribution in [3.63, 3.8) is 0 Å². The minimum Gasteiger partial charge on any atom is -0.352 e. The van der Waals surface area contributed by atoms with Gasteiger partial charge in [0.15, 0.2) is 5.03 Å². The highest BCUT2D eigenvalue weighted by Crippen LogP contribution is 2.07. The second kappa shape index (κ2) is 4.22. The molecule has 1 aromatic heterocycles. The number of amides is 1. The van der Waals surface area contributed by atoms with E-state index in [1.165, 1.54) is 12.3 Å². The Morgan fingerprint density at radius 3 is 2.94 bits per heavy atom. The highest BCUT2D eigenvalue weighted by Gasteiger charge is 2.23. The SMILES string of the molecule is O=C1CCC(CNS(=O)(=O)c2ccn[nH]2)N1. The van der Waals surface area contributed by atoms with E-state index in [2.05, 4.69) is 20.2 Å². The molecule has 3 N–H and O–H groups in total. The maximum atomic E-state index is 11.6. The summed E-state index contributed by atoms with van der Waals surface area (Å²) in [7, 11) is -3.54. The fraction of sp³-hybridized carbons (Fsp3) is 0.500. The van der Waals surface area contributed by atoms with Crippen LogP contribution in [0, 0.1) is 0 Å². The molecule has 1 aliphatic heterocycles. The van der Waals surface area contributed by atoms with Crippen LogP contribution in [0.25, 0.3) is 0 Å². The molecule has 1 unspecified atom stereocenters. The third kappa shape index (κ3) is 2.39. The number of hydrogen-bond acceptors (Lipinski definition) is 4. The number of aromatic amines is 1. The monoisotopic (exact) mass is 244 g/mol. The maximum absolute atomic E-state index is 11.6. The van der Waals surface area contributed by atoms with Gasteiger partial charge in [-0.3, -0.25) is 9.89 Å². The molecular weight excluding hydrogens is 232 g/mol. The maximum Gasteiger partial charge on any atom is 0.257 e. The van der Waals surface area contributed by atoms with Crippen LogP contribution >= 0.6 is 0 Å². The summed E-state index contributed by atoms with van der Waals surface area (Å²) in [5.74, 6) is -0.0364. The second-order valence-electron chi connectivity index (χ2n) is 3.58. The largest absolute Gasteiger partial charge is 0.352 e. The predicted molar refractivity (Wildman–Crippen MR) is 54.9 cm³/mol. The molecule has 0 radical (unpaired) electrons. The van der Waals surface area contributed by atoms with Crippen molar-refractivity contribution in [2.45, 2.75) is 23.9 Å². The van der Waals surface area contributed by atoms with E-state index in [-0.39, 0.29) is 23.5 Å². The van der Waals surface area contributed by atoms with E-state index in [1.807, 2.05) is 0 Å². The van der Waals surface area contributed by atoms with Crippen LogP contribution in [-0.4, -0.2) is 37.1 Å². The zero-order valence-corrected chi connectivity index (χ0v) is 9.25. The van der Waals surface area contributed by atoms with E-state index >= 15 is 0 Å². The van der Waals surface area contributed by atoms with E-state index in [0.717, 1.165) is 0 Å². The lowest BCUT2D eigenvalue weighted by atomic mass is 10.2. The molecule has 1 aromatic rings. The van der Waals surface area contributed by atoms with Gasteiger partial charge >= 0.3 is 0 Å². The van der Waals surface area contributed by atoms with E-state index in [1.54, 1.807) is 0 Å². The Labute approximate surface area is 92.7 Å². The number of carbonyl (C=O) groups excluding carboxylic acids is 1. The fourth-order valence-corrected chi connectivity index (χ4v) is 2.50. The van der Waals surface area contributed by atoms with Gasteiger partial charge < -0.3 is 5.32 Å². The average Bonchev–Trinajstić information content (AvgIpc) is 2.85. The van der Waals surface area contributed by atoms with Crippen molar-refractivity contribution in [1.82, 2.24) is 20.2 Å². The second-order valence-corrected chi connectivity index (χ2v) is 5.31. The van der Waals surface area contributed by atoms with Crippen LogP contribution in [0.1, 0.15) is 12.8 Å². The summed E-state index contributed by atoms with van der Waals surface area (Å²) in [4.78, 5) is 10.9. The van der Waals surface area contributed by atoms with Crippen molar-refractivity contribution < 1.29 is 13.2 Å². The van der Waals surface area contributed by atoms with Crippen LogP contribution in [0.3, 0.4) is 0 Å². The normalized spacial score (nSPS) is 21.0. The quantitative estimate of drug-likeness (QED) is 0.629. The third-order valence-electron chi connectivity index (χ3n) is 2.37. The van der Waals surface area contributed by atoms with Gasteiger partial charge in [0.05, 0.1) is 6.20 Å². The highest BCUT2D eigenvalue weighted by atomic mass is 32.2. The summed E-state index contributed by atoms with van der Waals surface area (Å²) in [5, 5.41) is 8.65. The van der Waals surface area contributed by atoms with Crippen LogP contribution in [0.4, 0.5) is 0 Å². The summed E-state index contributed by atoms with van der Waals surface area (Å²) >= 11 is 0. The van der Waals surface area contributed by atoms with Gasteiger partial charge in [0.1, 0.15) is 0 Å². The first-order valence-electron chi connectivity index (χ1n) is 4.86. The van der Waals surface area contributed by atoms with Gasteiger partial charge in [0.2, 0.25) is 5.91 Å². The highest BCUT2D eigenvalue weighted by molar-refractivity contribution is 7.89. The van der Waals surface area contributed by atoms with E-state index < -0.39 is 10.0 Å². The molecular formula is C8H12N4O3S. The topological polar surface area (TPSA) is 104 Å².